The number of hydrogen-bond acceptors (Lipinski definition) is 1. The molecule has 0 N–H and O–H groups in total. The van der Waals surface area contributed by atoms with Gasteiger partial charge in [0.25, 0.3) is 0 Å². The average Bonchev–Trinajstić information content (AvgIpc) is 2.12. The van der Waals surface area contributed by atoms with Crippen LogP contribution in [0.25, 0.3) is 0 Å². The molecule has 0 aromatic carbocycles. The van der Waals surface area contributed by atoms with E-state index < -0.39 is 0 Å². The number of rotatable bonds is 2. The smallest absolute Gasteiger partial charge is 0.137 e. The highest BCUT2D eigenvalue weighted by atomic mass is 16.6. The van der Waals surface area contributed by atoms with E-state index in [9.17, 15) is 0 Å². The SMILES string of the molecule is CC1(C[N+](C)(C)C)CO1. The maximum Gasteiger partial charge on any atom is 0.137 e. The van der Waals surface area contributed by atoms with Crippen molar-refractivity contribution in [3.63, 3.8) is 0 Å². The number of nitrogens with zero attached hydrogens (tertiary/aromatic N) is 1. The molecule has 1 fully saturated rings. The molecule has 1 unspecified atom stereocenters. The van der Waals surface area contributed by atoms with E-state index in [-0.39, 0.29) is 5.60 Å². The third kappa shape index (κ3) is 2.33. The first-order chi connectivity index (χ1) is 3.91. The maximum absolute atomic E-state index is 5.26. The lowest BCUT2D eigenvalue weighted by atomic mass is 10.2. The van der Waals surface area contributed by atoms with Crippen molar-refractivity contribution in [2.75, 3.05) is 34.3 Å². The quantitative estimate of drug-likeness (QED) is 0.391. The Labute approximate surface area is 57.0 Å². The molecule has 2 heteroatoms. The summed E-state index contributed by atoms with van der Waals surface area (Å²) in [5, 5.41) is 0. The largest absolute Gasteiger partial charge is 0.364 e. The molecule has 9 heavy (non-hydrogen) atoms. The summed E-state index contributed by atoms with van der Waals surface area (Å²) in [6, 6.07) is 0. The summed E-state index contributed by atoms with van der Waals surface area (Å²) in [7, 11) is 6.56. The Balaban J connectivity index is 2.33. The molecule has 0 radical (unpaired) electrons. The zero-order valence-corrected chi connectivity index (χ0v) is 6.77. The summed E-state index contributed by atoms with van der Waals surface area (Å²) in [4.78, 5) is 0. The molecule has 0 saturated carbocycles. The zero-order valence-electron chi connectivity index (χ0n) is 6.77. The molecule has 1 aliphatic rings. The number of quaternary nitrogens is 1. The molecule has 0 aliphatic carbocycles. The summed E-state index contributed by atoms with van der Waals surface area (Å²) in [5.41, 5.74) is 0.207. The van der Waals surface area contributed by atoms with E-state index >= 15 is 0 Å². The van der Waals surface area contributed by atoms with Crippen LogP contribution in [0, 0.1) is 0 Å². The van der Waals surface area contributed by atoms with Crippen LogP contribution in [0.15, 0.2) is 0 Å². The van der Waals surface area contributed by atoms with Gasteiger partial charge in [-0.05, 0) is 6.92 Å². The fraction of sp³-hybridized carbons (Fsp3) is 1.00. The van der Waals surface area contributed by atoms with Crippen LogP contribution in [0.2, 0.25) is 0 Å². The van der Waals surface area contributed by atoms with Gasteiger partial charge in [0.2, 0.25) is 0 Å². The Morgan fingerprint density at radius 3 is 2.00 bits per heavy atom. The molecular formula is C7H16NO+. The van der Waals surface area contributed by atoms with Crippen LogP contribution in [0.5, 0.6) is 0 Å². The summed E-state index contributed by atoms with van der Waals surface area (Å²) in [6.07, 6.45) is 0. The van der Waals surface area contributed by atoms with E-state index in [0.29, 0.717) is 0 Å². The standard InChI is InChI=1S/C7H16NO/c1-7(6-9-7)5-8(2,3)4/h5-6H2,1-4H3/q+1. The molecule has 0 amide bonds. The van der Waals surface area contributed by atoms with E-state index in [0.717, 1.165) is 17.6 Å². The van der Waals surface area contributed by atoms with Gasteiger partial charge in [-0.15, -0.1) is 0 Å². The van der Waals surface area contributed by atoms with Crippen LogP contribution >= 0.6 is 0 Å². The minimum Gasteiger partial charge on any atom is -0.364 e. The van der Waals surface area contributed by atoms with E-state index in [2.05, 4.69) is 28.1 Å². The number of likely N-dealkylation sites (N-methyl/N-ethyl adjacent to an activating group) is 1. The first-order valence-electron chi connectivity index (χ1n) is 3.36. The summed E-state index contributed by atoms with van der Waals surface area (Å²) < 4.78 is 6.25. The molecule has 1 atom stereocenters. The second-order valence-corrected chi connectivity index (χ2v) is 4.19. The zero-order chi connectivity index (χ0) is 7.12. The van der Waals surface area contributed by atoms with Crippen molar-refractivity contribution in [3.8, 4) is 0 Å². The van der Waals surface area contributed by atoms with E-state index in [1.54, 1.807) is 0 Å². The molecule has 54 valence electrons. The summed E-state index contributed by atoms with van der Waals surface area (Å²) in [6.45, 7) is 4.23. The van der Waals surface area contributed by atoms with E-state index in [4.69, 9.17) is 4.74 Å². The van der Waals surface area contributed by atoms with Crippen molar-refractivity contribution in [3.05, 3.63) is 0 Å². The highest BCUT2D eigenvalue weighted by Crippen LogP contribution is 2.27. The Bertz CT molecular complexity index is 107. The predicted molar refractivity (Wildman–Crippen MR) is 37.3 cm³/mol. The molecule has 1 rings (SSSR count). The Morgan fingerprint density at radius 2 is 1.89 bits per heavy atom. The van der Waals surface area contributed by atoms with Gasteiger partial charge in [-0.2, -0.15) is 0 Å². The number of hydrogen-bond donors (Lipinski definition) is 0. The molecule has 1 heterocycles. The Kier molecular flexibility index (Phi) is 1.33. The molecule has 0 spiro atoms. The van der Waals surface area contributed by atoms with Crippen molar-refractivity contribution < 1.29 is 9.22 Å². The topological polar surface area (TPSA) is 12.5 Å². The van der Waals surface area contributed by atoms with Gasteiger partial charge in [0.1, 0.15) is 12.1 Å². The molecule has 0 aromatic rings. The third-order valence-corrected chi connectivity index (χ3v) is 1.45. The number of epoxide rings is 1. The second-order valence-electron chi connectivity index (χ2n) is 4.19. The van der Waals surface area contributed by atoms with Gasteiger partial charge < -0.3 is 9.22 Å². The average molecular weight is 130 g/mol. The van der Waals surface area contributed by atoms with E-state index in [1.165, 1.54) is 0 Å². The van der Waals surface area contributed by atoms with Gasteiger partial charge in [0.05, 0.1) is 27.7 Å². The molecule has 0 bridgehead atoms. The highest BCUT2D eigenvalue weighted by molar-refractivity contribution is 4.86. The highest BCUT2D eigenvalue weighted by Gasteiger charge is 2.44. The van der Waals surface area contributed by atoms with Crippen molar-refractivity contribution in [2.45, 2.75) is 12.5 Å². The van der Waals surface area contributed by atoms with Crippen LogP contribution in [0.1, 0.15) is 6.92 Å². The van der Waals surface area contributed by atoms with Crippen molar-refractivity contribution in [1.82, 2.24) is 0 Å². The Hall–Kier alpha value is -0.0800. The van der Waals surface area contributed by atoms with Gasteiger partial charge in [0.15, 0.2) is 0 Å². The van der Waals surface area contributed by atoms with Crippen LogP contribution in [-0.2, 0) is 4.74 Å². The number of ether oxygens (including phenoxy) is 1. The molecular weight excluding hydrogens is 114 g/mol. The van der Waals surface area contributed by atoms with Crippen LogP contribution < -0.4 is 0 Å². The van der Waals surface area contributed by atoms with Crippen LogP contribution in [0.4, 0.5) is 0 Å². The van der Waals surface area contributed by atoms with Crippen molar-refractivity contribution >= 4 is 0 Å². The monoisotopic (exact) mass is 130 g/mol. The third-order valence-electron chi connectivity index (χ3n) is 1.45. The molecule has 1 saturated heterocycles. The van der Waals surface area contributed by atoms with E-state index in [1.807, 2.05) is 0 Å². The fourth-order valence-electron chi connectivity index (χ4n) is 1.22. The van der Waals surface area contributed by atoms with Gasteiger partial charge >= 0.3 is 0 Å². The minimum atomic E-state index is 0.207. The lowest BCUT2D eigenvalue weighted by Gasteiger charge is -2.25. The van der Waals surface area contributed by atoms with Gasteiger partial charge in [-0.25, -0.2) is 0 Å². The van der Waals surface area contributed by atoms with Gasteiger partial charge in [0, 0.05) is 0 Å². The first-order valence-corrected chi connectivity index (χ1v) is 3.36. The van der Waals surface area contributed by atoms with Crippen LogP contribution in [0.3, 0.4) is 0 Å². The maximum atomic E-state index is 5.26. The summed E-state index contributed by atoms with van der Waals surface area (Å²) in [5.74, 6) is 0. The summed E-state index contributed by atoms with van der Waals surface area (Å²) >= 11 is 0. The Morgan fingerprint density at radius 1 is 1.44 bits per heavy atom. The molecule has 2 nitrogen and oxygen atoms in total. The second kappa shape index (κ2) is 1.70. The molecule has 0 aromatic heterocycles. The first kappa shape index (κ1) is 7.03. The van der Waals surface area contributed by atoms with Gasteiger partial charge in [-0.3, -0.25) is 0 Å². The minimum absolute atomic E-state index is 0.207. The van der Waals surface area contributed by atoms with Crippen molar-refractivity contribution in [2.24, 2.45) is 0 Å². The lowest BCUT2D eigenvalue weighted by Crippen LogP contribution is -2.41. The fourth-order valence-corrected chi connectivity index (χ4v) is 1.22. The van der Waals surface area contributed by atoms with Crippen LogP contribution in [-0.4, -0.2) is 44.4 Å². The molecule has 1 aliphatic heterocycles. The normalized spacial score (nSPS) is 34.7. The van der Waals surface area contributed by atoms with Crippen molar-refractivity contribution in [1.29, 1.82) is 0 Å². The lowest BCUT2D eigenvalue weighted by molar-refractivity contribution is -0.873. The van der Waals surface area contributed by atoms with Gasteiger partial charge in [-0.1, -0.05) is 0 Å². The predicted octanol–water partition coefficient (Wildman–Crippen LogP) is 0.482.